The van der Waals surface area contributed by atoms with E-state index in [1.165, 1.54) is 0 Å². The Morgan fingerprint density at radius 1 is 0.976 bits per heavy atom. The number of fused-ring (bicyclic) bond motifs is 7. The minimum atomic E-state index is -3.72. The molecule has 3 saturated carbocycles. The third kappa shape index (κ3) is 3.85. The number of nitriles is 2. The van der Waals surface area contributed by atoms with Crippen LogP contribution in [0.3, 0.4) is 0 Å². The Labute approximate surface area is 250 Å². The molecular formula is C33H45N3O5S. The molecule has 0 aromatic rings. The van der Waals surface area contributed by atoms with Crippen molar-refractivity contribution in [2.24, 2.45) is 38.9 Å². The molecule has 0 aromatic carbocycles. The van der Waals surface area contributed by atoms with Crippen molar-refractivity contribution < 1.29 is 23.1 Å². The van der Waals surface area contributed by atoms with Crippen LogP contribution >= 0.6 is 0 Å². The molecular weight excluding hydrogens is 550 g/mol. The standard InChI is InChI=1S/C33H45N3O5S/c1-27(2)22-9-10-31(6)23(30(22,5)18-21(20-35)26(27)38)17-25(37)33(39)24-19-29(4,36-42(40,41)16-8-15-34)13-11-28(24,3)12-14-32(31,33)7/h17-18,22,24,36,39H,8-14,16,19H2,1-7H3/t22-,24+,28+,29-,30-,31+,32-,33+/m0/s1. The Morgan fingerprint density at radius 3 is 2.24 bits per heavy atom. The maximum Gasteiger partial charge on any atom is 0.213 e. The number of nitrogens with zero attached hydrogens (tertiary/aromatic N) is 2. The number of nitrogens with one attached hydrogen (secondary N) is 1. The molecule has 0 aliphatic heterocycles. The maximum absolute atomic E-state index is 14.5. The fourth-order valence-electron chi connectivity index (χ4n) is 10.5. The Hall–Kier alpha value is -2.33. The molecule has 9 heteroatoms. The number of hydrogen-bond donors (Lipinski definition) is 2. The van der Waals surface area contributed by atoms with Crippen molar-refractivity contribution in [3.63, 3.8) is 0 Å². The van der Waals surface area contributed by atoms with Crippen LogP contribution in [-0.4, -0.2) is 42.0 Å². The van der Waals surface area contributed by atoms with Crippen molar-refractivity contribution in [3.8, 4) is 12.1 Å². The highest BCUT2D eigenvalue weighted by Gasteiger charge is 2.75. The number of aliphatic hydroxyl groups is 1. The second-order valence-electron chi connectivity index (χ2n) is 15.7. The van der Waals surface area contributed by atoms with Gasteiger partial charge in [-0.05, 0) is 80.3 Å². The molecule has 2 N–H and O–H groups in total. The molecule has 0 unspecified atom stereocenters. The largest absolute Gasteiger partial charge is 0.381 e. The van der Waals surface area contributed by atoms with Gasteiger partial charge in [-0.1, -0.05) is 47.6 Å². The molecule has 0 amide bonds. The second kappa shape index (κ2) is 9.10. The molecule has 228 valence electrons. The number of allylic oxidation sites excluding steroid dienone is 3. The minimum Gasteiger partial charge on any atom is -0.381 e. The topological polar surface area (TPSA) is 148 Å². The Bertz CT molecular complexity index is 1520. The first kappa shape index (κ1) is 31.1. The summed E-state index contributed by atoms with van der Waals surface area (Å²) in [5.41, 5.74) is -4.80. The third-order valence-corrected chi connectivity index (χ3v) is 14.7. The summed E-state index contributed by atoms with van der Waals surface area (Å²) in [6, 6.07) is 4.01. The number of carbonyl (C=O) groups excluding carboxylic acids is 2. The van der Waals surface area contributed by atoms with Crippen LogP contribution in [-0.2, 0) is 19.6 Å². The van der Waals surface area contributed by atoms with E-state index >= 15 is 0 Å². The Kier molecular flexibility index (Phi) is 6.74. The molecule has 0 radical (unpaired) electrons. The van der Waals surface area contributed by atoms with Gasteiger partial charge in [0.1, 0.15) is 11.7 Å². The zero-order chi connectivity index (χ0) is 31.4. The lowest BCUT2D eigenvalue weighted by atomic mass is 9.33. The summed E-state index contributed by atoms with van der Waals surface area (Å²) in [6.07, 6.45) is 7.72. The molecule has 0 saturated heterocycles. The van der Waals surface area contributed by atoms with Gasteiger partial charge in [0.05, 0.1) is 23.8 Å². The summed E-state index contributed by atoms with van der Waals surface area (Å²) < 4.78 is 28.6. The van der Waals surface area contributed by atoms with E-state index in [2.05, 4.69) is 24.6 Å². The van der Waals surface area contributed by atoms with Crippen LogP contribution in [0, 0.1) is 61.6 Å². The lowest BCUT2D eigenvalue weighted by molar-refractivity contribution is -0.239. The molecule has 8 atom stereocenters. The van der Waals surface area contributed by atoms with Gasteiger partial charge in [-0.2, -0.15) is 10.5 Å². The average Bonchev–Trinajstić information content (AvgIpc) is 2.90. The fraction of sp³-hybridized carbons (Fsp3) is 0.758. The van der Waals surface area contributed by atoms with Crippen molar-refractivity contribution >= 4 is 21.6 Å². The highest BCUT2D eigenvalue weighted by atomic mass is 32.2. The van der Waals surface area contributed by atoms with Crippen molar-refractivity contribution in [1.29, 1.82) is 10.5 Å². The van der Waals surface area contributed by atoms with Crippen LogP contribution < -0.4 is 4.72 Å². The van der Waals surface area contributed by atoms with Gasteiger partial charge in [0.2, 0.25) is 10.0 Å². The quantitative estimate of drug-likeness (QED) is 0.469. The number of carbonyl (C=O) groups is 2. The predicted molar refractivity (Wildman–Crippen MR) is 158 cm³/mol. The molecule has 5 rings (SSSR count). The van der Waals surface area contributed by atoms with E-state index < -0.39 is 48.7 Å². The van der Waals surface area contributed by atoms with Crippen molar-refractivity contribution in [1.82, 2.24) is 4.72 Å². The van der Waals surface area contributed by atoms with Crippen LogP contribution in [0.15, 0.2) is 23.3 Å². The van der Waals surface area contributed by atoms with Crippen molar-refractivity contribution in [2.75, 3.05) is 5.75 Å². The number of rotatable bonds is 4. The minimum absolute atomic E-state index is 0.0915. The first-order valence-corrected chi connectivity index (χ1v) is 16.9. The summed E-state index contributed by atoms with van der Waals surface area (Å²) in [5.74, 6) is -1.38. The molecule has 42 heavy (non-hydrogen) atoms. The molecule has 0 spiro atoms. The second-order valence-corrected chi connectivity index (χ2v) is 17.6. The maximum atomic E-state index is 14.5. The molecule has 0 aromatic heterocycles. The Morgan fingerprint density at radius 2 is 1.62 bits per heavy atom. The van der Waals surface area contributed by atoms with Crippen LogP contribution in [0.1, 0.15) is 99.8 Å². The van der Waals surface area contributed by atoms with Crippen LogP contribution in [0.25, 0.3) is 0 Å². The van der Waals surface area contributed by atoms with Gasteiger partial charge in [-0.15, -0.1) is 0 Å². The summed E-state index contributed by atoms with van der Waals surface area (Å²) in [5, 5.41) is 31.8. The molecule has 8 nitrogen and oxygen atoms in total. The van der Waals surface area contributed by atoms with Gasteiger partial charge in [-0.3, -0.25) is 9.59 Å². The van der Waals surface area contributed by atoms with E-state index in [9.17, 15) is 28.4 Å². The molecule has 5 aliphatic rings. The number of ketones is 2. The summed E-state index contributed by atoms with van der Waals surface area (Å²) >= 11 is 0. The zero-order valence-electron chi connectivity index (χ0n) is 26.1. The third-order valence-electron chi connectivity index (χ3n) is 13.1. The molecule has 0 bridgehead atoms. The van der Waals surface area contributed by atoms with Crippen LogP contribution in [0.5, 0.6) is 0 Å². The summed E-state index contributed by atoms with van der Waals surface area (Å²) in [6.45, 7) is 14.0. The number of hydrogen-bond acceptors (Lipinski definition) is 7. The molecule has 3 fully saturated rings. The van der Waals surface area contributed by atoms with E-state index in [1.54, 1.807) is 12.2 Å². The van der Waals surface area contributed by atoms with Crippen molar-refractivity contribution in [3.05, 3.63) is 23.3 Å². The van der Waals surface area contributed by atoms with Crippen LogP contribution in [0.4, 0.5) is 0 Å². The van der Waals surface area contributed by atoms with E-state index in [1.807, 2.05) is 40.7 Å². The lowest BCUT2D eigenvalue weighted by Gasteiger charge is -2.71. The van der Waals surface area contributed by atoms with E-state index in [4.69, 9.17) is 5.26 Å². The van der Waals surface area contributed by atoms with E-state index in [-0.39, 0.29) is 40.6 Å². The predicted octanol–water partition coefficient (Wildman–Crippen LogP) is 4.91. The SMILES string of the molecule is CC1(C)C(=O)C(C#N)=C[C@]2(C)C3=CC(=O)[C@]4(O)[C@@H]5C[C@@](C)(NS(=O)(=O)CCC#N)CC[C@]5(C)CC[C@@]4(C)[C@]3(C)CC[C@@H]12. The normalized spacial score (nSPS) is 46.0. The monoisotopic (exact) mass is 595 g/mol. The lowest BCUT2D eigenvalue weighted by Crippen LogP contribution is -2.74. The molecule has 5 aliphatic carbocycles. The summed E-state index contributed by atoms with van der Waals surface area (Å²) in [7, 11) is -3.72. The van der Waals surface area contributed by atoms with Crippen LogP contribution in [0.2, 0.25) is 0 Å². The van der Waals surface area contributed by atoms with Gasteiger partial charge in [-0.25, -0.2) is 13.1 Å². The fourth-order valence-corrected chi connectivity index (χ4v) is 11.9. The average molecular weight is 596 g/mol. The zero-order valence-corrected chi connectivity index (χ0v) is 26.9. The first-order valence-electron chi connectivity index (χ1n) is 15.3. The number of Topliss-reactive ketones (excluding diaryl/α,β-unsaturated/α-hetero) is 1. The summed E-state index contributed by atoms with van der Waals surface area (Å²) in [4.78, 5) is 27.8. The molecule has 0 heterocycles. The Balaban J connectivity index is 1.64. The highest BCUT2D eigenvalue weighted by molar-refractivity contribution is 7.89. The number of sulfonamides is 1. The van der Waals surface area contributed by atoms with Gasteiger partial charge >= 0.3 is 0 Å². The van der Waals surface area contributed by atoms with Gasteiger partial charge < -0.3 is 5.11 Å². The van der Waals surface area contributed by atoms with Gasteiger partial charge in [0.25, 0.3) is 0 Å². The van der Waals surface area contributed by atoms with E-state index in [0.717, 1.165) is 18.4 Å². The van der Waals surface area contributed by atoms with E-state index in [0.29, 0.717) is 32.1 Å². The van der Waals surface area contributed by atoms with Gasteiger partial charge in [0.15, 0.2) is 11.6 Å². The first-order chi connectivity index (χ1) is 19.2. The highest BCUT2D eigenvalue weighted by Crippen LogP contribution is 2.75. The van der Waals surface area contributed by atoms with Crippen molar-refractivity contribution in [2.45, 2.75) is 111 Å². The smallest absolute Gasteiger partial charge is 0.213 e. The van der Waals surface area contributed by atoms with Gasteiger partial charge in [0, 0.05) is 27.7 Å².